The fourth-order valence-corrected chi connectivity index (χ4v) is 1.51. The average Bonchev–Trinajstić information content (AvgIpc) is 2.02. The van der Waals surface area contributed by atoms with Crippen molar-refractivity contribution in [3.8, 4) is 0 Å². The van der Waals surface area contributed by atoms with Gasteiger partial charge >= 0.3 is 0 Å². The zero-order chi connectivity index (χ0) is 9.90. The molecule has 0 atom stereocenters. The second-order valence-corrected chi connectivity index (χ2v) is 4.69. The van der Waals surface area contributed by atoms with Crippen LogP contribution in [0.2, 0.25) is 0 Å². The Labute approximate surface area is 81.2 Å². The molecule has 2 nitrogen and oxygen atoms in total. The van der Waals surface area contributed by atoms with E-state index < -0.39 is 5.60 Å². The third kappa shape index (κ3) is 4.44. The first-order chi connectivity index (χ1) is 5.97. The van der Waals surface area contributed by atoms with Crippen LogP contribution in [0.5, 0.6) is 0 Å². The molecule has 0 bridgehead atoms. The molecule has 0 radical (unpaired) electrons. The summed E-state index contributed by atoms with van der Waals surface area (Å²) in [7, 11) is 2.14. The predicted octanol–water partition coefficient (Wildman–Crippen LogP) is 1.80. The van der Waals surface area contributed by atoms with E-state index in [1.165, 1.54) is 12.0 Å². The van der Waals surface area contributed by atoms with Gasteiger partial charge in [0.05, 0.1) is 5.60 Å². The number of nitrogens with zero attached hydrogens (tertiary/aromatic N) is 1. The van der Waals surface area contributed by atoms with Gasteiger partial charge in [0.1, 0.15) is 0 Å². The quantitative estimate of drug-likeness (QED) is 0.674. The summed E-state index contributed by atoms with van der Waals surface area (Å²) in [6.45, 7) is 5.99. The van der Waals surface area contributed by atoms with Crippen LogP contribution in [-0.4, -0.2) is 35.7 Å². The highest BCUT2D eigenvalue weighted by atomic mass is 16.3. The highest BCUT2D eigenvalue weighted by Crippen LogP contribution is 2.19. The van der Waals surface area contributed by atoms with Crippen LogP contribution in [0.4, 0.5) is 0 Å². The molecule has 0 saturated heterocycles. The summed E-state index contributed by atoms with van der Waals surface area (Å²) in [6, 6.07) is 0. The Balaban J connectivity index is 2.30. The first-order valence-corrected chi connectivity index (χ1v) is 5.06. The van der Waals surface area contributed by atoms with Crippen LogP contribution in [0.3, 0.4) is 0 Å². The molecule has 13 heavy (non-hydrogen) atoms. The van der Waals surface area contributed by atoms with Gasteiger partial charge in [-0.2, -0.15) is 0 Å². The monoisotopic (exact) mass is 183 g/mol. The molecule has 0 saturated carbocycles. The van der Waals surface area contributed by atoms with Crippen molar-refractivity contribution in [2.24, 2.45) is 0 Å². The first-order valence-electron chi connectivity index (χ1n) is 5.06. The lowest BCUT2D eigenvalue weighted by Crippen LogP contribution is -2.25. The number of aliphatic hydroxyl groups is 1. The molecule has 2 heteroatoms. The fraction of sp³-hybridized carbons (Fsp3) is 0.818. The van der Waals surface area contributed by atoms with Crippen molar-refractivity contribution in [3.05, 3.63) is 11.6 Å². The van der Waals surface area contributed by atoms with Gasteiger partial charge in [-0.25, -0.2) is 0 Å². The molecule has 0 unspecified atom stereocenters. The van der Waals surface area contributed by atoms with Crippen molar-refractivity contribution < 1.29 is 5.11 Å². The zero-order valence-electron chi connectivity index (χ0n) is 9.01. The van der Waals surface area contributed by atoms with Crippen molar-refractivity contribution >= 4 is 0 Å². The van der Waals surface area contributed by atoms with Gasteiger partial charge in [-0.15, -0.1) is 0 Å². The highest BCUT2D eigenvalue weighted by Gasteiger charge is 2.14. The second-order valence-electron chi connectivity index (χ2n) is 4.69. The molecule has 0 amide bonds. The minimum Gasteiger partial charge on any atom is -0.390 e. The summed E-state index contributed by atoms with van der Waals surface area (Å²) in [4.78, 5) is 2.31. The molecule has 0 spiro atoms. The van der Waals surface area contributed by atoms with Gasteiger partial charge in [-0.05, 0) is 40.2 Å². The SMILES string of the molecule is CN1CC=C(CCC(C)(C)O)CC1. The summed E-state index contributed by atoms with van der Waals surface area (Å²) in [5.74, 6) is 0. The van der Waals surface area contributed by atoms with E-state index in [1.807, 2.05) is 13.8 Å². The summed E-state index contributed by atoms with van der Waals surface area (Å²) < 4.78 is 0. The van der Waals surface area contributed by atoms with Crippen molar-refractivity contribution in [1.29, 1.82) is 0 Å². The van der Waals surface area contributed by atoms with Crippen LogP contribution in [0.25, 0.3) is 0 Å². The molecule has 1 rings (SSSR count). The number of likely N-dealkylation sites (N-methyl/N-ethyl adjacent to an activating group) is 1. The molecular formula is C11H21NO. The molecule has 0 aliphatic carbocycles. The Kier molecular flexibility index (Phi) is 3.51. The van der Waals surface area contributed by atoms with Crippen LogP contribution >= 0.6 is 0 Å². The van der Waals surface area contributed by atoms with E-state index in [2.05, 4.69) is 18.0 Å². The van der Waals surface area contributed by atoms with Crippen molar-refractivity contribution in [2.45, 2.75) is 38.7 Å². The molecule has 0 fully saturated rings. The number of hydrogen-bond acceptors (Lipinski definition) is 2. The Hall–Kier alpha value is -0.340. The second kappa shape index (κ2) is 4.25. The minimum absolute atomic E-state index is 0.510. The molecule has 1 N–H and O–H groups in total. The van der Waals surface area contributed by atoms with Crippen LogP contribution in [-0.2, 0) is 0 Å². The Morgan fingerprint density at radius 1 is 1.54 bits per heavy atom. The van der Waals surface area contributed by atoms with E-state index in [4.69, 9.17) is 0 Å². The normalized spacial score (nSPS) is 20.2. The Morgan fingerprint density at radius 3 is 2.69 bits per heavy atom. The molecule has 1 aliphatic rings. The van der Waals surface area contributed by atoms with Gasteiger partial charge in [0, 0.05) is 13.1 Å². The molecule has 76 valence electrons. The van der Waals surface area contributed by atoms with Crippen LogP contribution < -0.4 is 0 Å². The van der Waals surface area contributed by atoms with Crippen molar-refractivity contribution in [1.82, 2.24) is 4.90 Å². The maximum Gasteiger partial charge on any atom is 0.0594 e. The van der Waals surface area contributed by atoms with Gasteiger partial charge < -0.3 is 10.0 Å². The molecule has 0 aromatic heterocycles. The zero-order valence-corrected chi connectivity index (χ0v) is 9.01. The van der Waals surface area contributed by atoms with Gasteiger partial charge in [0.15, 0.2) is 0 Å². The standard InChI is InChI=1S/C11H21NO/c1-11(2,13)7-4-10-5-8-12(3)9-6-10/h5,13H,4,6-9H2,1-3H3. The van der Waals surface area contributed by atoms with Crippen molar-refractivity contribution in [3.63, 3.8) is 0 Å². The van der Waals surface area contributed by atoms with E-state index >= 15 is 0 Å². The summed E-state index contributed by atoms with van der Waals surface area (Å²) in [6.07, 6.45) is 5.40. The lowest BCUT2D eigenvalue weighted by molar-refractivity contribution is 0.0709. The largest absolute Gasteiger partial charge is 0.390 e. The lowest BCUT2D eigenvalue weighted by Gasteiger charge is -2.24. The van der Waals surface area contributed by atoms with Gasteiger partial charge in [-0.3, -0.25) is 0 Å². The van der Waals surface area contributed by atoms with E-state index in [0.717, 1.165) is 25.9 Å². The van der Waals surface area contributed by atoms with E-state index in [9.17, 15) is 5.11 Å². The van der Waals surface area contributed by atoms with Crippen LogP contribution in [0, 0.1) is 0 Å². The maximum atomic E-state index is 9.56. The first kappa shape index (κ1) is 10.7. The molecule has 0 aromatic carbocycles. The highest BCUT2D eigenvalue weighted by molar-refractivity contribution is 5.07. The van der Waals surface area contributed by atoms with Crippen LogP contribution in [0.1, 0.15) is 33.1 Å². The number of hydrogen-bond donors (Lipinski definition) is 1. The maximum absolute atomic E-state index is 9.56. The smallest absolute Gasteiger partial charge is 0.0594 e. The van der Waals surface area contributed by atoms with Crippen LogP contribution in [0.15, 0.2) is 11.6 Å². The predicted molar refractivity (Wildman–Crippen MR) is 55.7 cm³/mol. The third-order valence-corrected chi connectivity index (χ3v) is 2.56. The van der Waals surface area contributed by atoms with Crippen molar-refractivity contribution in [2.75, 3.05) is 20.1 Å². The summed E-state index contributed by atoms with van der Waals surface area (Å²) in [5, 5.41) is 9.56. The van der Waals surface area contributed by atoms with Gasteiger partial charge in [-0.1, -0.05) is 11.6 Å². The average molecular weight is 183 g/mol. The molecule has 1 aliphatic heterocycles. The topological polar surface area (TPSA) is 23.5 Å². The minimum atomic E-state index is -0.510. The number of rotatable bonds is 3. The lowest BCUT2D eigenvalue weighted by atomic mass is 9.96. The van der Waals surface area contributed by atoms with E-state index in [-0.39, 0.29) is 0 Å². The third-order valence-electron chi connectivity index (χ3n) is 2.56. The summed E-state index contributed by atoms with van der Waals surface area (Å²) in [5.41, 5.74) is 1.00. The fourth-order valence-electron chi connectivity index (χ4n) is 1.51. The van der Waals surface area contributed by atoms with Gasteiger partial charge in [0.25, 0.3) is 0 Å². The van der Waals surface area contributed by atoms with Gasteiger partial charge in [0.2, 0.25) is 0 Å². The Bertz CT molecular complexity index is 191. The molecular weight excluding hydrogens is 162 g/mol. The summed E-state index contributed by atoms with van der Waals surface area (Å²) >= 11 is 0. The van der Waals surface area contributed by atoms with E-state index in [1.54, 1.807) is 0 Å². The molecule has 1 heterocycles. The Morgan fingerprint density at radius 2 is 2.23 bits per heavy atom. The molecule has 0 aromatic rings. The van der Waals surface area contributed by atoms with E-state index in [0.29, 0.717) is 0 Å².